The van der Waals surface area contributed by atoms with Gasteiger partial charge in [-0.3, -0.25) is 0 Å². The average Bonchev–Trinajstić information content (AvgIpc) is 1.96. The van der Waals surface area contributed by atoms with Crippen molar-refractivity contribution in [2.75, 3.05) is 0 Å². The first kappa shape index (κ1) is 9.74. The molecule has 0 aliphatic rings. The number of hydrogen-bond donors (Lipinski definition) is 0. The van der Waals surface area contributed by atoms with Crippen LogP contribution in [0.3, 0.4) is 0 Å². The maximum absolute atomic E-state index is 5.84. The van der Waals surface area contributed by atoms with E-state index in [9.17, 15) is 0 Å². The van der Waals surface area contributed by atoms with Crippen molar-refractivity contribution < 1.29 is 0 Å². The molecule has 0 heterocycles. The van der Waals surface area contributed by atoms with Gasteiger partial charge in [-0.2, -0.15) is 0 Å². The Balaban J connectivity index is 3.34. The highest BCUT2D eigenvalue weighted by Crippen LogP contribution is 2.27. The minimum Gasteiger partial charge on any atom is -0.101 e. The summed E-state index contributed by atoms with van der Waals surface area (Å²) in [4.78, 5) is 0. The van der Waals surface area contributed by atoms with E-state index in [1.165, 1.54) is 0 Å². The molecule has 0 aromatic heterocycles. The third-order valence-electron chi connectivity index (χ3n) is 1.26. The molecule has 0 saturated carbocycles. The van der Waals surface area contributed by atoms with E-state index in [1.807, 2.05) is 0 Å². The average molecular weight is 219 g/mol. The van der Waals surface area contributed by atoms with E-state index in [-0.39, 0.29) is 0 Å². The topological polar surface area (TPSA) is 0 Å². The molecule has 1 rings (SSSR count). The first-order valence-electron chi connectivity index (χ1n) is 3.22. The molecule has 1 aromatic carbocycles. The van der Waals surface area contributed by atoms with Gasteiger partial charge in [0.25, 0.3) is 0 Å². The molecule has 0 bridgehead atoms. The normalized spacial score (nSPS) is 9.00. The molecule has 0 aliphatic heterocycles. The summed E-state index contributed by atoms with van der Waals surface area (Å²) in [5.41, 5.74) is 0.630. The SMILES string of the molecule is CC#Cc1c(Cl)cc(Cl)cc1Cl. The van der Waals surface area contributed by atoms with Gasteiger partial charge in [-0.1, -0.05) is 40.7 Å². The molecule has 0 nitrogen and oxygen atoms in total. The lowest BCUT2D eigenvalue weighted by molar-refractivity contribution is 1.63. The smallest absolute Gasteiger partial charge is 0.0618 e. The van der Waals surface area contributed by atoms with Crippen molar-refractivity contribution in [1.82, 2.24) is 0 Å². The predicted molar refractivity (Wildman–Crippen MR) is 54.0 cm³/mol. The molecule has 0 N–H and O–H groups in total. The van der Waals surface area contributed by atoms with Gasteiger partial charge in [0, 0.05) is 5.02 Å². The first-order valence-corrected chi connectivity index (χ1v) is 4.36. The summed E-state index contributed by atoms with van der Waals surface area (Å²) in [6.07, 6.45) is 0. The lowest BCUT2D eigenvalue weighted by Crippen LogP contribution is -1.79. The molecular weight excluding hydrogens is 214 g/mol. The van der Waals surface area contributed by atoms with Crippen LogP contribution in [0.2, 0.25) is 15.1 Å². The van der Waals surface area contributed by atoms with Gasteiger partial charge < -0.3 is 0 Å². The second kappa shape index (κ2) is 4.05. The summed E-state index contributed by atoms with van der Waals surface area (Å²) >= 11 is 17.4. The van der Waals surface area contributed by atoms with Crippen molar-refractivity contribution >= 4 is 34.8 Å². The largest absolute Gasteiger partial charge is 0.101 e. The third kappa shape index (κ3) is 2.08. The number of hydrogen-bond acceptors (Lipinski definition) is 0. The molecule has 0 radical (unpaired) electrons. The second-order valence-electron chi connectivity index (χ2n) is 2.12. The summed E-state index contributed by atoms with van der Waals surface area (Å²) in [6.45, 7) is 1.72. The number of rotatable bonds is 0. The van der Waals surface area contributed by atoms with Gasteiger partial charge in [-0.25, -0.2) is 0 Å². The van der Waals surface area contributed by atoms with Gasteiger partial charge in [-0.05, 0) is 19.1 Å². The summed E-state index contributed by atoms with van der Waals surface area (Å²) < 4.78 is 0. The number of benzene rings is 1. The Morgan fingerprint density at radius 3 is 2.00 bits per heavy atom. The van der Waals surface area contributed by atoms with E-state index >= 15 is 0 Å². The van der Waals surface area contributed by atoms with Gasteiger partial charge in [0.1, 0.15) is 0 Å². The zero-order chi connectivity index (χ0) is 9.14. The molecule has 0 unspecified atom stereocenters. The molecule has 0 saturated heterocycles. The summed E-state index contributed by atoms with van der Waals surface area (Å²) in [5.74, 6) is 5.52. The minimum atomic E-state index is 0.488. The molecule has 0 aliphatic carbocycles. The first-order chi connectivity index (χ1) is 5.65. The maximum Gasteiger partial charge on any atom is 0.0618 e. The molecule has 62 valence electrons. The lowest BCUT2D eigenvalue weighted by atomic mass is 10.2. The Labute approximate surface area is 86.4 Å². The molecule has 3 heteroatoms. The monoisotopic (exact) mass is 218 g/mol. The minimum absolute atomic E-state index is 0.488. The van der Waals surface area contributed by atoms with Gasteiger partial charge in [0.15, 0.2) is 0 Å². The molecule has 0 fully saturated rings. The van der Waals surface area contributed by atoms with Crippen molar-refractivity contribution in [2.45, 2.75) is 6.92 Å². The van der Waals surface area contributed by atoms with E-state index in [0.717, 1.165) is 0 Å². The van der Waals surface area contributed by atoms with Gasteiger partial charge in [-0.15, -0.1) is 5.92 Å². The van der Waals surface area contributed by atoms with Gasteiger partial charge in [0.2, 0.25) is 0 Å². The van der Waals surface area contributed by atoms with Crippen LogP contribution in [-0.2, 0) is 0 Å². The van der Waals surface area contributed by atoms with Gasteiger partial charge >= 0.3 is 0 Å². The van der Waals surface area contributed by atoms with Crippen LogP contribution >= 0.6 is 34.8 Å². The third-order valence-corrected chi connectivity index (χ3v) is 2.07. The Morgan fingerprint density at radius 1 is 1.08 bits per heavy atom. The van der Waals surface area contributed by atoms with Crippen LogP contribution < -0.4 is 0 Å². The Kier molecular flexibility index (Phi) is 3.29. The van der Waals surface area contributed by atoms with E-state index in [2.05, 4.69) is 11.8 Å². The van der Waals surface area contributed by atoms with Crippen LogP contribution in [0.5, 0.6) is 0 Å². The Hall–Kier alpha value is -0.350. The molecule has 0 amide bonds. The maximum atomic E-state index is 5.84. The molecule has 0 spiro atoms. The van der Waals surface area contributed by atoms with Crippen LogP contribution in [0, 0.1) is 11.8 Å². The van der Waals surface area contributed by atoms with Crippen LogP contribution in [-0.4, -0.2) is 0 Å². The summed E-state index contributed by atoms with van der Waals surface area (Å²) in [5, 5.41) is 1.50. The molecule has 0 atom stereocenters. The van der Waals surface area contributed by atoms with E-state index in [0.29, 0.717) is 20.6 Å². The van der Waals surface area contributed by atoms with Crippen molar-refractivity contribution in [3.63, 3.8) is 0 Å². The molecule has 12 heavy (non-hydrogen) atoms. The van der Waals surface area contributed by atoms with Gasteiger partial charge in [0.05, 0.1) is 15.6 Å². The fourth-order valence-corrected chi connectivity index (χ4v) is 1.70. The summed E-state index contributed by atoms with van der Waals surface area (Å²) in [6, 6.07) is 3.24. The highest BCUT2D eigenvalue weighted by molar-refractivity contribution is 6.39. The van der Waals surface area contributed by atoms with E-state index in [4.69, 9.17) is 34.8 Å². The fourth-order valence-electron chi connectivity index (χ4n) is 0.787. The van der Waals surface area contributed by atoms with Crippen molar-refractivity contribution in [3.05, 3.63) is 32.8 Å². The fraction of sp³-hybridized carbons (Fsp3) is 0.111. The van der Waals surface area contributed by atoms with Crippen LogP contribution in [0.15, 0.2) is 12.1 Å². The van der Waals surface area contributed by atoms with Crippen molar-refractivity contribution in [2.24, 2.45) is 0 Å². The highest BCUT2D eigenvalue weighted by Gasteiger charge is 2.04. The Morgan fingerprint density at radius 2 is 1.58 bits per heavy atom. The van der Waals surface area contributed by atoms with Crippen molar-refractivity contribution in [3.8, 4) is 11.8 Å². The van der Waals surface area contributed by atoms with Crippen LogP contribution in [0.4, 0.5) is 0 Å². The predicted octanol–water partition coefficient (Wildman–Crippen LogP) is 4.02. The zero-order valence-electron chi connectivity index (χ0n) is 6.29. The van der Waals surface area contributed by atoms with E-state index < -0.39 is 0 Å². The second-order valence-corrected chi connectivity index (χ2v) is 3.37. The Bertz CT molecular complexity index is 335. The molecule has 1 aromatic rings. The quantitative estimate of drug-likeness (QED) is 0.578. The van der Waals surface area contributed by atoms with Crippen LogP contribution in [0.25, 0.3) is 0 Å². The summed E-state index contributed by atoms with van der Waals surface area (Å²) in [7, 11) is 0. The highest BCUT2D eigenvalue weighted by atomic mass is 35.5. The van der Waals surface area contributed by atoms with E-state index in [1.54, 1.807) is 19.1 Å². The zero-order valence-corrected chi connectivity index (χ0v) is 8.56. The van der Waals surface area contributed by atoms with Crippen LogP contribution in [0.1, 0.15) is 12.5 Å². The number of halogens is 3. The standard InChI is InChI=1S/C9H5Cl3/c1-2-3-7-8(11)4-6(10)5-9(7)12/h4-5H,1H3. The molecular formula is C9H5Cl3. The lowest BCUT2D eigenvalue weighted by Gasteiger charge is -1.99. The van der Waals surface area contributed by atoms with Crippen molar-refractivity contribution in [1.29, 1.82) is 0 Å².